The molecule has 2 heterocycles. The maximum atomic E-state index is 12.8. The van der Waals surface area contributed by atoms with Crippen LogP contribution in [0.25, 0.3) is 22.5 Å². The first-order valence-corrected chi connectivity index (χ1v) is 11.3. The van der Waals surface area contributed by atoms with E-state index >= 15 is 0 Å². The molecule has 2 aromatic carbocycles. The van der Waals surface area contributed by atoms with Gasteiger partial charge in [-0.25, -0.2) is 4.98 Å². The lowest BCUT2D eigenvalue weighted by molar-refractivity contribution is -0.116. The number of carbonyl (C=O) groups excluding carboxylic acids is 1. The zero-order valence-corrected chi connectivity index (χ0v) is 18.3. The topological polar surface area (TPSA) is 85.8 Å². The number of para-hydroxylation sites is 2. The van der Waals surface area contributed by atoms with Gasteiger partial charge in [0.15, 0.2) is 0 Å². The Morgan fingerprint density at radius 2 is 1.84 bits per heavy atom. The smallest absolute Gasteiger partial charge is 0.247 e. The summed E-state index contributed by atoms with van der Waals surface area (Å²) in [6.45, 7) is 2.03. The standard InChI is InChI=1S/C25H27N5O2/c1-17-11-13-18(14-12-17)24-29-28-23(32-24)16-15-22(31)27-25-26-20-9-5-6-10-21(20)30(25)19-7-3-2-4-8-19/h5-6,9-14,19H,2-4,7-8,15-16H2,1H3,(H,26,27,31). The van der Waals surface area contributed by atoms with Crippen LogP contribution in [0.3, 0.4) is 0 Å². The molecule has 0 atom stereocenters. The van der Waals surface area contributed by atoms with Crippen molar-refractivity contribution in [2.24, 2.45) is 0 Å². The number of amides is 1. The zero-order chi connectivity index (χ0) is 21.9. The predicted molar refractivity (Wildman–Crippen MR) is 123 cm³/mol. The van der Waals surface area contributed by atoms with Gasteiger partial charge < -0.3 is 8.98 Å². The fourth-order valence-corrected chi connectivity index (χ4v) is 4.42. The van der Waals surface area contributed by atoms with E-state index in [9.17, 15) is 4.79 Å². The average Bonchev–Trinajstić information content (AvgIpc) is 3.43. The normalized spacial score (nSPS) is 14.7. The minimum Gasteiger partial charge on any atom is -0.421 e. The molecule has 0 bridgehead atoms. The largest absolute Gasteiger partial charge is 0.421 e. The van der Waals surface area contributed by atoms with Gasteiger partial charge in [0.05, 0.1) is 11.0 Å². The first-order valence-electron chi connectivity index (χ1n) is 11.3. The molecular formula is C25H27N5O2. The molecule has 7 heteroatoms. The number of nitrogens with zero attached hydrogens (tertiary/aromatic N) is 4. The maximum Gasteiger partial charge on any atom is 0.247 e. The summed E-state index contributed by atoms with van der Waals surface area (Å²) in [4.78, 5) is 17.5. The minimum atomic E-state index is -0.104. The van der Waals surface area contributed by atoms with Gasteiger partial charge in [-0.2, -0.15) is 0 Å². The van der Waals surface area contributed by atoms with Crippen LogP contribution in [-0.2, 0) is 11.2 Å². The van der Waals surface area contributed by atoms with Gasteiger partial charge >= 0.3 is 0 Å². The van der Waals surface area contributed by atoms with Crippen LogP contribution in [0.4, 0.5) is 5.95 Å². The predicted octanol–water partition coefficient (Wildman–Crippen LogP) is 5.47. The SMILES string of the molecule is Cc1ccc(-c2nnc(CCC(=O)Nc3nc4ccccc4n3C3CCCCC3)o2)cc1. The molecule has 32 heavy (non-hydrogen) atoms. The van der Waals surface area contributed by atoms with Crippen LogP contribution in [-0.4, -0.2) is 25.7 Å². The molecule has 0 radical (unpaired) electrons. The highest BCUT2D eigenvalue weighted by atomic mass is 16.4. The summed E-state index contributed by atoms with van der Waals surface area (Å²) in [7, 11) is 0. The van der Waals surface area contributed by atoms with Crippen molar-refractivity contribution in [1.29, 1.82) is 0 Å². The number of benzene rings is 2. The van der Waals surface area contributed by atoms with Crippen LogP contribution in [0.5, 0.6) is 0 Å². The van der Waals surface area contributed by atoms with E-state index in [1.165, 1.54) is 24.8 Å². The van der Waals surface area contributed by atoms with Crippen molar-refractivity contribution in [2.45, 2.75) is 57.9 Å². The lowest BCUT2D eigenvalue weighted by Crippen LogP contribution is -2.20. The number of aromatic nitrogens is 4. The molecule has 0 spiro atoms. The highest BCUT2D eigenvalue weighted by Crippen LogP contribution is 2.34. The molecule has 4 aromatic rings. The summed E-state index contributed by atoms with van der Waals surface area (Å²) < 4.78 is 7.97. The van der Waals surface area contributed by atoms with E-state index in [1.807, 2.05) is 49.4 Å². The first-order chi connectivity index (χ1) is 15.7. The van der Waals surface area contributed by atoms with E-state index in [0.29, 0.717) is 30.2 Å². The molecule has 7 nitrogen and oxygen atoms in total. The summed E-state index contributed by atoms with van der Waals surface area (Å²) >= 11 is 0. The third-order valence-corrected chi connectivity index (χ3v) is 6.12. The summed E-state index contributed by atoms with van der Waals surface area (Å²) in [5, 5.41) is 11.3. The Bertz CT molecular complexity index is 1220. The van der Waals surface area contributed by atoms with Crippen LogP contribution in [0.2, 0.25) is 0 Å². The van der Waals surface area contributed by atoms with Gasteiger partial charge in [-0.3, -0.25) is 10.1 Å². The monoisotopic (exact) mass is 429 g/mol. The van der Waals surface area contributed by atoms with E-state index in [0.717, 1.165) is 29.4 Å². The van der Waals surface area contributed by atoms with Crippen LogP contribution in [0.1, 0.15) is 56.0 Å². The number of hydrogen-bond donors (Lipinski definition) is 1. The number of carbonyl (C=O) groups is 1. The Balaban J connectivity index is 1.28. The zero-order valence-electron chi connectivity index (χ0n) is 18.3. The van der Waals surface area contributed by atoms with Crippen molar-refractivity contribution in [3.63, 3.8) is 0 Å². The summed E-state index contributed by atoms with van der Waals surface area (Å²) in [5.41, 5.74) is 4.03. The molecule has 0 saturated heterocycles. The van der Waals surface area contributed by atoms with Gasteiger partial charge in [0, 0.05) is 24.4 Å². The quantitative estimate of drug-likeness (QED) is 0.439. The third-order valence-electron chi connectivity index (χ3n) is 6.12. The van der Waals surface area contributed by atoms with Crippen molar-refractivity contribution in [3.05, 3.63) is 60.0 Å². The van der Waals surface area contributed by atoms with Gasteiger partial charge in [0.1, 0.15) is 0 Å². The molecule has 1 fully saturated rings. The van der Waals surface area contributed by atoms with E-state index in [1.54, 1.807) is 0 Å². The number of nitrogens with one attached hydrogen (secondary N) is 1. The molecule has 1 aliphatic rings. The first kappa shape index (κ1) is 20.4. The molecule has 5 rings (SSSR count). The Hall–Kier alpha value is -3.48. The van der Waals surface area contributed by atoms with Gasteiger partial charge in [-0.1, -0.05) is 49.1 Å². The minimum absolute atomic E-state index is 0.104. The third kappa shape index (κ3) is 4.28. The fraction of sp³-hybridized carbons (Fsp3) is 0.360. The Morgan fingerprint density at radius 1 is 1.06 bits per heavy atom. The van der Waals surface area contributed by atoms with Crippen LogP contribution in [0.15, 0.2) is 52.9 Å². The molecule has 1 amide bonds. The number of aryl methyl sites for hydroxylation is 2. The van der Waals surface area contributed by atoms with Gasteiger partial charge in [-0.15, -0.1) is 10.2 Å². The molecule has 0 unspecified atom stereocenters. The van der Waals surface area contributed by atoms with E-state index in [-0.39, 0.29) is 12.3 Å². The lowest BCUT2D eigenvalue weighted by atomic mass is 9.95. The number of anilines is 1. The van der Waals surface area contributed by atoms with Crippen molar-refractivity contribution in [1.82, 2.24) is 19.7 Å². The highest BCUT2D eigenvalue weighted by molar-refractivity contribution is 5.91. The fourth-order valence-electron chi connectivity index (χ4n) is 4.42. The van der Waals surface area contributed by atoms with Crippen LogP contribution < -0.4 is 5.32 Å². The van der Waals surface area contributed by atoms with Gasteiger partial charge in [-0.05, 0) is 44.0 Å². The Kier molecular flexibility index (Phi) is 5.71. The highest BCUT2D eigenvalue weighted by Gasteiger charge is 2.22. The number of imidazole rings is 1. The van der Waals surface area contributed by atoms with Crippen molar-refractivity contribution in [3.8, 4) is 11.5 Å². The van der Waals surface area contributed by atoms with E-state index in [4.69, 9.17) is 9.40 Å². The molecule has 1 saturated carbocycles. The molecule has 164 valence electrons. The molecular weight excluding hydrogens is 402 g/mol. The molecule has 1 aliphatic carbocycles. The Labute approximate surface area is 186 Å². The van der Waals surface area contributed by atoms with Crippen molar-refractivity contribution < 1.29 is 9.21 Å². The lowest BCUT2D eigenvalue weighted by Gasteiger charge is -2.25. The van der Waals surface area contributed by atoms with Gasteiger partial charge in [0.25, 0.3) is 0 Å². The maximum absolute atomic E-state index is 12.8. The number of rotatable bonds is 6. The van der Waals surface area contributed by atoms with E-state index < -0.39 is 0 Å². The van der Waals surface area contributed by atoms with Gasteiger partial charge in [0.2, 0.25) is 23.6 Å². The van der Waals surface area contributed by atoms with Crippen molar-refractivity contribution in [2.75, 3.05) is 5.32 Å². The second-order valence-corrected chi connectivity index (χ2v) is 8.50. The van der Waals surface area contributed by atoms with Crippen molar-refractivity contribution >= 4 is 22.9 Å². The molecule has 1 N–H and O–H groups in total. The summed E-state index contributed by atoms with van der Waals surface area (Å²) in [6, 6.07) is 16.4. The van der Waals surface area contributed by atoms with Crippen LogP contribution in [0, 0.1) is 6.92 Å². The number of hydrogen-bond acceptors (Lipinski definition) is 5. The number of fused-ring (bicyclic) bond motifs is 1. The summed E-state index contributed by atoms with van der Waals surface area (Å²) in [6.07, 6.45) is 6.58. The second kappa shape index (κ2) is 8.94. The average molecular weight is 430 g/mol. The van der Waals surface area contributed by atoms with E-state index in [2.05, 4.69) is 26.1 Å². The second-order valence-electron chi connectivity index (χ2n) is 8.50. The summed E-state index contributed by atoms with van der Waals surface area (Å²) in [5.74, 6) is 1.46. The van der Waals surface area contributed by atoms with Crippen LogP contribution >= 0.6 is 0 Å². The molecule has 2 aromatic heterocycles. The Morgan fingerprint density at radius 3 is 2.66 bits per heavy atom. The molecule has 0 aliphatic heterocycles.